The van der Waals surface area contributed by atoms with Gasteiger partial charge in [0.15, 0.2) is 0 Å². The predicted molar refractivity (Wildman–Crippen MR) is 99.1 cm³/mol. The Labute approximate surface area is 169 Å². The van der Waals surface area contributed by atoms with Crippen LogP contribution in [-0.2, 0) is 7.05 Å². The molecule has 0 radical (unpaired) electrons. The number of aromatic hydroxyl groups is 1. The fourth-order valence-electron chi connectivity index (χ4n) is 2.98. The number of fused-ring (bicyclic) bond motifs is 2. The van der Waals surface area contributed by atoms with Crippen molar-refractivity contribution in [2.75, 3.05) is 0 Å². The maximum absolute atomic E-state index is 10.6. The van der Waals surface area contributed by atoms with Crippen molar-refractivity contribution in [2.45, 2.75) is 6.92 Å². The van der Waals surface area contributed by atoms with Crippen LogP contribution in [0.1, 0.15) is 15.7 Å². The van der Waals surface area contributed by atoms with Crippen molar-refractivity contribution in [3.05, 3.63) is 64.4 Å². The normalized spacial score (nSPS) is 11.3. The van der Waals surface area contributed by atoms with Crippen molar-refractivity contribution in [2.24, 2.45) is 7.05 Å². The molecule has 25 heavy (non-hydrogen) atoms. The smallest absolute Gasteiger partial charge is 1.00 e. The molecular weight excluding hydrogens is 490 g/mol. The number of aryl methyl sites for hydroxylation is 2. The van der Waals surface area contributed by atoms with Gasteiger partial charge in [0.1, 0.15) is 0 Å². The molecule has 3 nitrogen and oxygen atoms in total. The van der Waals surface area contributed by atoms with Crippen molar-refractivity contribution in [1.82, 2.24) is 4.98 Å². The summed E-state index contributed by atoms with van der Waals surface area (Å²) in [5.74, 6) is 0.249. The molecular formula is C20H17IN2OSe. The molecule has 0 fully saturated rings. The van der Waals surface area contributed by atoms with Gasteiger partial charge in [-0.15, -0.1) is 0 Å². The number of phenolic OH excluding ortho intramolecular Hbond substituents is 1. The third-order valence-electron chi connectivity index (χ3n) is 4.28. The number of rotatable bonds is 2. The molecule has 0 unspecified atom stereocenters. The van der Waals surface area contributed by atoms with E-state index in [-0.39, 0.29) is 29.7 Å². The van der Waals surface area contributed by atoms with Gasteiger partial charge in [0.25, 0.3) is 0 Å². The Morgan fingerprint density at radius 1 is 1.12 bits per heavy atom. The zero-order valence-electron chi connectivity index (χ0n) is 13.9. The molecule has 2 aromatic carbocycles. The molecule has 0 aliphatic carbocycles. The summed E-state index contributed by atoms with van der Waals surface area (Å²) in [6.07, 6.45) is 5.83. The number of hydrogen-bond acceptors (Lipinski definition) is 2. The second-order valence-corrected chi connectivity index (χ2v) is 8.06. The molecule has 0 amide bonds. The Balaban J connectivity index is 0.00000182. The van der Waals surface area contributed by atoms with Gasteiger partial charge in [-0.3, -0.25) is 0 Å². The zero-order valence-corrected chi connectivity index (χ0v) is 17.8. The first-order valence-electron chi connectivity index (χ1n) is 7.78. The van der Waals surface area contributed by atoms with Gasteiger partial charge in [0.05, 0.1) is 0 Å². The molecule has 2 heterocycles. The van der Waals surface area contributed by atoms with E-state index in [4.69, 9.17) is 0 Å². The second kappa shape index (κ2) is 7.28. The standard InChI is InChI=1S/C20H16N2OSe.HI/c1-13-12-14(20(23)19-15(13)6-5-11-21-19)9-10-18-22(2)16-7-3-4-8-17(16)24-18;/h3-12H,1-2H3;1H. The van der Waals surface area contributed by atoms with E-state index in [0.29, 0.717) is 20.0 Å². The third-order valence-corrected chi connectivity index (χ3v) is 6.76. The molecule has 0 saturated heterocycles. The monoisotopic (exact) mass is 508 g/mol. The Morgan fingerprint density at radius 2 is 1.92 bits per heavy atom. The Hall–Kier alpha value is -1.69. The number of halogens is 1. The molecule has 0 aliphatic heterocycles. The van der Waals surface area contributed by atoms with Crippen LogP contribution in [0.3, 0.4) is 0 Å². The van der Waals surface area contributed by atoms with Crippen LogP contribution < -0.4 is 28.5 Å². The van der Waals surface area contributed by atoms with E-state index in [9.17, 15) is 5.11 Å². The molecule has 126 valence electrons. The minimum absolute atomic E-state index is 0. The van der Waals surface area contributed by atoms with Crippen molar-refractivity contribution >= 4 is 47.3 Å². The summed E-state index contributed by atoms with van der Waals surface area (Å²) in [4.78, 5) is 4.33. The number of benzene rings is 2. The van der Waals surface area contributed by atoms with Gasteiger partial charge in [-0.05, 0) is 0 Å². The minimum atomic E-state index is 0. The minimum Gasteiger partial charge on any atom is -1.00 e. The number of phenols is 1. The topological polar surface area (TPSA) is 37.0 Å². The summed E-state index contributed by atoms with van der Waals surface area (Å²) < 4.78 is 4.91. The molecule has 1 N–H and O–H groups in total. The largest absolute Gasteiger partial charge is 1.00 e. The molecule has 2 aromatic heterocycles. The summed E-state index contributed by atoms with van der Waals surface area (Å²) in [6.45, 7) is 2.05. The van der Waals surface area contributed by atoms with Crippen LogP contribution >= 0.6 is 0 Å². The van der Waals surface area contributed by atoms with Gasteiger partial charge in [0, 0.05) is 0 Å². The molecule has 0 atom stereocenters. The van der Waals surface area contributed by atoms with E-state index in [2.05, 4.69) is 53.9 Å². The van der Waals surface area contributed by atoms with E-state index >= 15 is 0 Å². The SMILES string of the molecule is Cc1cc(/C=C/c2[se]c3ccccc3[n+]2C)c(O)c2ncccc12.[I-]. The molecule has 5 heteroatoms. The number of nitrogens with zero attached hydrogens (tertiary/aromatic N) is 2. The first kappa shape index (κ1) is 18.1. The van der Waals surface area contributed by atoms with E-state index in [1.807, 2.05) is 24.3 Å². The van der Waals surface area contributed by atoms with Crippen LogP contribution in [-0.4, -0.2) is 24.6 Å². The van der Waals surface area contributed by atoms with Crippen LogP contribution in [0.4, 0.5) is 0 Å². The average Bonchev–Trinajstić information content (AvgIpc) is 2.93. The maximum Gasteiger partial charge on any atom is -1.00 e. The average molecular weight is 507 g/mol. The molecule has 0 bridgehead atoms. The van der Waals surface area contributed by atoms with Crippen molar-refractivity contribution in [3.63, 3.8) is 0 Å². The Morgan fingerprint density at radius 3 is 2.72 bits per heavy atom. The van der Waals surface area contributed by atoms with Crippen molar-refractivity contribution in [1.29, 1.82) is 0 Å². The van der Waals surface area contributed by atoms with Crippen LogP contribution in [0, 0.1) is 6.92 Å². The fraction of sp³-hybridized carbons (Fsp3) is 0.100. The molecule has 4 aromatic rings. The van der Waals surface area contributed by atoms with E-state index in [1.54, 1.807) is 6.20 Å². The third kappa shape index (κ3) is 3.24. The second-order valence-electron chi connectivity index (χ2n) is 5.83. The number of hydrogen-bond donors (Lipinski definition) is 1. The first-order chi connectivity index (χ1) is 11.6. The number of pyridine rings is 1. The quantitative estimate of drug-likeness (QED) is 0.243. The van der Waals surface area contributed by atoms with Gasteiger partial charge < -0.3 is 24.0 Å². The Kier molecular flexibility index (Phi) is 5.27. The van der Waals surface area contributed by atoms with Crippen molar-refractivity contribution in [3.8, 4) is 5.75 Å². The van der Waals surface area contributed by atoms with E-state index < -0.39 is 0 Å². The molecule has 0 spiro atoms. The summed E-state index contributed by atoms with van der Waals surface area (Å²) >= 11 is 0.293. The van der Waals surface area contributed by atoms with Crippen LogP contribution in [0.25, 0.3) is 32.8 Å². The van der Waals surface area contributed by atoms with E-state index in [0.717, 1.165) is 16.5 Å². The molecule has 4 rings (SSSR count). The summed E-state index contributed by atoms with van der Waals surface area (Å²) in [5.41, 5.74) is 3.87. The van der Waals surface area contributed by atoms with Crippen molar-refractivity contribution < 1.29 is 33.7 Å². The number of para-hydroxylation sites is 1. The van der Waals surface area contributed by atoms with E-state index in [1.165, 1.54) is 14.3 Å². The summed E-state index contributed by atoms with van der Waals surface area (Å²) in [7, 11) is 2.10. The van der Waals surface area contributed by atoms with Crippen LogP contribution in [0.2, 0.25) is 0 Å². The molecule has 0 saturated carbocycles. The Bertz CT molecular complexity index is 1100. The number of aromatic nitrogens is 2. The van der Waals surface area contributed by atoms with Gasteiger partial charge >= 0.3 is 146 Å². The van der Waals surface area contributed by atoms with Gasteiger partial charge in [0.2, 0.25) is 0 Å². The first-order valence-corrected chi connectivity index (χ1v) is 9.49. The maximum atomic E-state index is 10.6. The fourth-order valence-corrected chi connectivity index (χ4v) is 5.19. The van der Waals surface area contributed by atoms with Crippen LogP contribution in [0.15, 0.2) is 48.7 Å². The predicted octanol–water partition coefficient (Wildman–Crippen LogP) is 0.458. The van der Waals surface area contributed by atoms with Crippen LogP contribution in [0.5, 0.6) is 5.75 Å². The van der Waals surface area contributed by atoms with Gasteiger partial charge in [-0.25, -0.2) is 0 Å². The zero-order chi connectivity index (χ0) is 16.7. The molecule has 0 aliphatic rings. The van der Waals surface area contributed by atoms with Gasteiger partial charge in [-0.1, -0.05) is 0 Å². The van der Waals surface area contributed by atoms with Gasteiger partial charge in [-0.2, -0.15) is 0 Å². The summed E-state index contributed by atoms with van der Waals surface area (Å²) in [5, 5.41) is 11.6. The summed E-state index contributed by atoms with van der Waals surface area (Å²) in [6, 6.07) is 14.4.